The molecule has 0 spiro atoms. The largest absolute Gasteiger partial charge is 0.300 e. The zero-order valence-corrected chi connectivity index (χ0v) is 10.9. The Morgan fingerprint density at radius 2 is 1.94 bits per heavy atom. The Hall–Kier alpha value is -1.44. The minimum Gasteiger partial charge on any atom is -0.300 e. The topological polar surface area (TPSA) is 34.1 Å². The van der Waals surface area contributed by atoms with Gasteiger partial charge in [0, 0.05) is 12.8 Å². The van der Waals surface area contributed by atoms with E-state index in [0.29, 0.717) is 25.0 Å². The lowest BCUT2D eigenvalue weighted by Crippen LogP contribution is -2.39. The van der Waals surface area contributed by atoms with E-state index in [1.54, 1.807) is 6.92 Å². The van der Waals surface area contributed by atoms with Crippen molar-refractivity contribution < 1.29 is 9.59 Å². The Kier molecular flexibility index (Phi) is 3.95. The van der Waals surface area contributed by atoms with Gasteiger partial charge in [-0.1, -0.05) is 36.8 Å². The van der Waals surface area contributed by atoms with Crippen LogP contribution in [-0.4, -0.2) is 11.6 Å². The second kappa shape index (κ2) is 5.47. The van der Waals surface area contributed by atoms with E-state index in [0.717, 1.165) is 24.8 Å². The van der Waals surface area contributed by atoms with Gasteiger partial charge in [0.2, 0.25) is 0 Å². The highest BCUT2D eigenvalue weighted by Gasteiger charge is 2.40. The summed E-state index contributed by atoms with van der Waals surface area (Å²) in [5, 5.41) is 0. The molecule has 1 atom stereocenters. The van der Waals surface area contributed by atoms with Crippen LogP contribution >= 0.6 is 0 Å². The molecule has 1 fully saturated rings. The van der Waals surface area contributed by atoms with Crippen molar-refractivity contribution in [1.82, 2.24) is 0 Å². The lowest BCUT2D eigenvalue weighted by molar-refractivity contribution is -0.127. The predicted octanol–water partition coefficient (Wildman–Crippen LogP) is 3.44. The molecule has 1 saturated carbocycles. The molecule has 0 amide bonds. The highest BCUT2D eigenvalue weighted by atomic mass is 16.1. The molecule has 1 aliphatic rings. The fourth-order valence-electron chi connectivity index (χ4n) is 2.95. The van der Waals surface area contributed by atoms with Crippen LogP contribution in [0.5, 0.6) is 0 Å². The number of hydrogen-bond acceptors (Lipinski definition) is 2. The van der Waals surface area contributed by atoms with Crippen molar-refractivity contribution in [2.24, 2.45) is 0 Å². The van der Waals surface area contributed by atoms with Crippen molar-refractivity contribution in [3.05, 3.63) is 35.9 Å². The van der Waals surface area contributed by atoms with Gasteiger partial charge in [0.25, 0.3) is 0 Å². The third kappa shape index (κ3) is 2.53. The molecule has 2 rings (SSSR count). The summed E-state index contributed by atoms with van der Waals surface area (Å²) in [4.78, 5) is 23.7. The highest BCUT2D eigenvalue weighted by Crippen LogP contribution is 2.40. The monoisotopic (exact) mass is 244 g/mol. The summed E-state index contributed by atoms with van der Waals surface area (Å²) in [6.45, 7) is 1.60. The lowest BCUT2D eigenvalue weighted by Gasteiger charge is -2.36. The maximum absolute atomic E-state index is 12.4. The first-order valence-electron chi connectivity index (χ1n) is 6.73. The van der Waals surface area contributed by atoms with Crippen molar-refractivity contribution in [3.8, 4) is 0 Å². The number of rotatable bonds is 4. The summed E-state index contributed by atoms with van der Waals surface area (Å²) in [7, 11) is 0. The summed E-state index contributed by atoms with van der Waals surface area (Å²) >= 11 is 0. The standard InChI is InChI=1S/C16H20O2/c1-13(17)10-12-16(11-6-5-9-15(16)18)14-7-3-2-4-8-14/h2-4,7-8H,5-6,9-12H2,1H3/t16-/m1/s1. The Labute approximate surface area is 108 Å². The quantitative estimate of drug-likeness (QED) is 0.813. The van der Waals surface area contributed by atoms with Crippen molar-refractivity contribution in [2.75, 3.05) is 0 Å². The first-order chi connectivity index (χ1) is 8.65. The summed E-state index contributed by atoms with van der Waals surface area (Å²) in [5.41, 5.74) is 0.696. The number of carbonyl (C=O) groups is 2. The SMILES string of the molecule is CC(=O)CC[C@@]1(c2ccccc2)CCCCC1=O. The van der Waals surface area contributed by atoms with Gasteiger partial charge in [-0.05, 0) is 31.7 Å². The van der Waals surface area contributed by atoms with Crippen LogP contribution in [0.4, 0.5) is 0 Å². The molecule has 0 unspecified atom stereocenters. The molecule has 1 aliphatic carbocycles. The fraction of sp³-hybridized carbons (Fsp3) is 0.500. The third-order valence-corrected chi connectivity index (χ3v) is 4.02. The van der Waals surface area contributed by atoms with E-state index in [2.05, 4.69) is 0 Å². The predicted molar refractivity (Wildman–Crippen MR) is 71.5 cm³/mol. The Bertz CT molecular complexity index is 436. The van der Waals surface area contributed by atoms with Gasteiger partial charge < -0.3 is 4.79 Å². The summed E-state index contributed by atoms with van der Waals surface area (Å²) < 4.78 is 0. The minimum atomic E-state index is -0.398. The molecule has 0 aliphatic heterocycles. The summed E-state index contributed by atoms with van der Waals surface area (Å²) in [5.74, 6) is 0.491. The van der Waals surface area contributed by atoms with E-state index in [-0.39, 0.29) is 5.78 Å². The van der Waals surface area contributed by atoms with Gasteiger partial charge in [0.15, 0.2) is 0 Å². The zero-order chi connectivity index (χ0) is 13.0. The highest BCUT2D eigenvalue weighted by molar-refractivity contribution is 5.91. The molecule has 0 aromatic heterocycles. The van der Waals surface area contributed by atoms with Gasteiger partial charge in [-0.2, -0.15) is 0 Å². The summed E-state index contributed by atoms with van der Waals surface area (Å²) in [6.07, 6.45) is 4.80. The van der Waals surface area contributed by atoms with E-state index >= 15 is 0 Å². The number of Topliss-reactive ketones (excluding diaryl/α,β-unsaturated/α-hetero) is 2. The number of ketones is 2. The molecule has 1 aromatic carbocycles. The average Bonchev–Trinajstić information content (AvgIpc) is 2.39. The second-order valence-electron chi connectivity index (χ2n) is 5.28. The second-order valence-corrected chi connectivity index (χ2v) is 5.28. The van der Waals surface area contributed by atoms with Crippen LogP contribution in [0, 0.1) is 0 Å². The van der Waals surface area contributed by atoms with E-state index in [1.807, 2.05) is 30.3 Å². The molecule has 96 valence electrons. The van der Waals surface area contributed by atoms with Crippen LogP contribution in [0.1, 0.15) is 51.0 Å². The lowest BCUT2D eigenvalue weighted by atomic mass is 9.66. The molecular formula is C16H20O2. The molecule has 0 saturated heterocycles. The fourth-order valence-corrected chi connectivity index (χ4v) is 2.95. The van der Waals surface area contributed by atoms with Crippen molar-refractivity contribution in [2.45, 2.75) is 50.9 Å². The molecule has 0 N–H and O–H groups in total. The van der Waals surface area contributed by atoms with Crippen LogP contribution in [0.2, 0.25) is 0 Å². The van der Waals surface area contributed by atoms with Crippen LogP contribution in [0.3, 0.4) is 0 Å². The normalized spacial score (nSPS) is 23.9. The van der Waals surface area contributed by atoms with E-state index < -0.39 is 5.41 Å². The first kappa shape index (κ1) is 13.0. The number of carbonyl (C=O) groups excluding carboxylic acids is 2. The Morgan fingerprint density at radius 3 is 2.56 bits per heavy atom. The molecule has 1 aromatic rings. The molecule has 18 heavy (non-hydrogen) atoms. The van der Waals surface area contributed by atoms with Gasteiger partial charge in [-0.15, -0.1) is 0 Å². The maximum atomic E-state index is 12.4. The van der Waals surface area contributed by atoms with Crippen LogP contribution < -0.4 is 0 Å². The third-order valence-electron chi connectivity index (χ3n) is 4.02. The van der Waals surface area contributed by atoms with Gasteiger partial charge >= 0.3 is 0 Å². The maximum Gasteiger partial charge on any atom is 0.143 e. The van der Waals surface area contributed by atoms with Crippen LogP contribution in [0.15, 0.2) is 30.3 Å². The van der Waals surface area contributed by atoms with E-state index in [1.165, 1.54) is 0 Å². The average molecular weight is 244 g/mol. The van der Waals surface area contributed by atoms with Crippen LogP contribution in [-0.2, 0) is 15.0 Å². The van der Waals surface area contributed by atoms with E-state index in [4.69, 9.17) is 0 Å². The summed E-state index contributed by atoms with van der Waals surface area (Å²) in [6, 6.07) is 9.99. The minimum absolute atomic E-state index is 0.170. The molecule has 0 heterocycles. The Balaban J connectivity index is 2.32. The zero-order valence-electron chi connectivity index (χ0n) is 10.9. The van der Waals surface area contributed by atoms with Gasteiger partial charge in [0.05, 0.1) is 5.41 Å². The number of hydrogen-bond donors (Lipinski definition) is 0. The number of benzene rings is 1. The van der Waals surface area contributed by atoms with Crippen molar-refractivity contribution in [3.63, 3.8) is 0 Å². The van der Waals surface area contributed by atoms with Crippen molar-refractivity contribution >= 4 is 11.6 Å². The molecule has 2 heteroatoms. The van der Waals surface area contributed by atoms with Gasteiger partial charge in [-0.3, -0.25) is 4.79 Å². The first-order valence-corrected chi connectivity index (χ1v) is 6.73. The Morgan fingerprint density at radius 1 is 1.22 bits per heavy atom. The van der Waals surface area contributed by atoms with E-state index in [9.17, 15) is 9.59 Å². The smallest absolute Gasteiger partial charge is 0.143 e. The van der Waals surface area contributed by atoms with Crippen molar-refractivity contribution in [1.29, 1.82) is 0 Å². The molecular weight excluding hydrogens is 224 g/mol. The molecule has 0 bridgehead atoms. The van der Waals surface area contributed by atoms with Gasteiger partial charge in [-0.25, -0.2) is 0 Å². The molecule has 2 nitrogen and oxygen atoms in total. The van der Waals surface area contributed by atoms with Crippen LogP contribution in [0.25, 0.3) is 0 Å². The van der Waals surface area contributed by atoms with Gasteiger partial charge in [0.1, 0.15) is 11.6 Å². The molecule has 0 radical (unpaired) electrons.